The van der Waals surface area contributed by atoms with Gasteiger partial charge in [-0.15, -0.1) is 0 Å². The number of carbonyl (C=O) groups is 5. The predicted molar refractivity (Wildman–Crippen MR) is 115 cm³/mol. The summed E-state index contributed by atoms with van der Waals surface area (Å²) < 4.78 is 15.3. The number of hydrogen-bond acceptors (Lipinski definition) is 8. The Labute approximate surface area is 194 Å². The Bertz CT molecular complexity index is 1060. The molecular weight excluding hydrogens is 446 g/mol. The lowest BCUT2D eigenvalue weighted by Gasteiger charge is -2.34. The Morgan fingerprint density at radius 2 is 1.47 bits per heavy atom. The maximum absolute atomic E-state index is 13.0. The number of carbonyl (C=O) groups excluding carboxylic acids is 5. The fraction of sp³-hybridized carbons (Fsp3) is 0.261. The number of ether oxygens (including phenoxy) is 3. The summed E-state index contributed by atoms with van der Waals surface area (Å²) in [5, 5.41) is 2.32. The quantitative estimate of drug-likeness (QED) is 0.206. The van der Waals surface area contributed by atoms with Gasteiger partial charge in [-0.2, -0.15) is 5.01 Å². The molecule has 0 aliphatic carbocycles. The van der Waals surface area contributed by atoms with Crippen LogP contribution < -0.4 is 10.7 Å². The zero-order valence-corrected chi connectivity index (χ0v) is 18.3. The number of rotatable bonds is 7. The number of benzene rings is 2. The molecule has 34 heavy (non-hydrogen) atoms. The summed E-state index contributed by atoms with van der Waals surface area (Å²) in [7, 11) is 0. The van der Waals surface area contributed by atoms with Gasteiger partial charge < -0.3 is 14.2 Å². The lowest BCUT2D eigenvalue weighted by atomic mass is 9.97. The molecule has 178 valence electrons. The minimum absolute atomic E-state index is 0.145. The predicted octanol–water partition coefficient (Wildman–Crippen LogP) is 1.81. The highest BCUT2D eigenvalue weighted by Gasteiger charge is 2.62. The summed E-state index contributed by atoms with van der Waals surface area (Å²) in [6.07, 6.45) is -3.20. The highest BCUT2D eigenvalue weighted by Crippen LogP contribution is 2.27. The Morgan fingerprint density at radius 1 is 0.912 bits per heavy atom. The molecule has 1 saturated heterocycles. The molecule has 1 aliphatic heterocycles. The first-order valence-electron chi connectivity index (χ1n) is 10.4. The van der Waals surface area contributed by atoms with Crippen molar-refractivity contribution in [3.63, 3.8) is 0 Å². The van der Waals surface area contributed by atoms with E-state index in [1.54, 1.807) is 60.7 Å². The first kappa shape index (κ1) is 24.2. The van der Waals surface area contributed by atoms with Crippen LogP contribution in [0, 0.1) is 0 Å². The zero-order valence-electron chi connectivity index (χ0n) is 18.3. The molecule has 2 N–H and O–H groups in total. The number of esters is 1. The second kappa shape index (κ2) is 10.9. The Hall–Kier alpha value is -4.41. The Kier molecular flexibility index (Phi) is 7.80. The monoisotopic (exact) mass is 469 g/mol. The van der Waals surface area contributed by atoms with E-state index in [9.17, 15) is 24.0 Å². The number of hydrogen-bond donors (Lipinski definition) is 2. The highest BCUT2D eigenvalue weighted by atomic mass is 16.6. The molecule has 2 aromatic rings. The number of imide groups is 1. The normalized spacial score (nSPS) is 16.9. The molecule has 1 heterocycles. The van der Waals surface area contributed by atoms with Crippen LogP contribution in [0.25, 0.3) is 0 Å². The minimum atomic E-state index is -2.51. The van der Waals surface area contributed by atoms with Gasteiger partial charge in [0, 0.05) is 0 Å². The average Bonchev–Trinajstić information content (AvgIpc) is 3.15. The van der Waals surface area contributed by atoms with Gasteiger partial charge in [0.15, 0.2) is 0 Å². The molecular formula is C23H23N3O8. The topological polar surface area (TPSA) is 140 Å². The van der Waals surface area contributed by atoms with E-state index in [0.717, 1.165) is 0 Å². The first-order valence-corrected chi connectivity index (χ1v) is 10.4. The van der Waals surface area contributed by atoms with E-state index in [-0.39, 0.29) is 19.8 Å². The van der Waals surface area contributed by atoms with Crippen molar-refractivity contribution in [2.45, 2.75) is 32.1 Å². The summed E-state index contributed by atoms with van der Waals surface area (Å²) in [4.78, 5) is 63.1. The summed E-state index contributed by atoms with van der Waals surface area (Å²) in [6.45, 7) is 0.954. The van der Waals surface area contributed by atoms with Crippen molar-refractivity contribution in [1.29, 1.82) is 0 Å². The maximum atomic E-state index is 13.0. The van der Waals surface area contributed by atoms with Crippen molar-refractivity contribution < 1.29 is 38.2 Å². The van der Waals surface area contributed by atoms with Crippen LogP contribution in [0.3, 0.4) is 0 Å². The van der Waals surface area contributed by atoms with Crippen molar-refractivity contribution in [1.82, 2.24) is 15.8 Å². The third-order valence-corrected chi connectivity index (χ3v) is 4.84. The fourth-order valence-electron chi connectivity index (χ4n) is 3.20. The fourth-order valence-corrected chi connectivity index (χ4v) is 3.20. The average molecular weight is 469 g/mol. The van der Waals surface area contributed by atoms with E-state index in [2.05, 4.69) is 5.43 Å². The summed E-state index contributed by atoms with van der Waals surface area (Å²) in [5.74, 6) is -3.19. The van der Waals surface area contributed by atoms with Gasteiger partial charge in [0.1, 0.15) is 13.2 Å². The van der Waals surface area contributed by atoms with E-state index in [1.807, 2.05) is 5.32 Å². The summed E-state index contributed by atoms with van der Waals surface area (Å²) >= 11 is 0. The smallest absolute Gasteiger partial charge is 0.430 e. The molecule has 1 atom stereocenters. The molecule has 4 amide bonds. The van der Waals surface area contributed by atoms with Crippen LogP contribution in [0.5, 0.6) is 0 Å². The molecule has 3 rings (SSSR count). The lowest BCUT2D eigenvalue weighted by Crippen LogP contribution is -2.67. The second-order valence-electron chi connectivity index (χ2n) is 7.18. The highest BCUT2D eigenvalue weighted by molar-refractivity contribution is 6.21. The first-order chi connectivity index (χ1) is 16.4. The number of nitrogens with zero attached hydrogens (tertiary/aromatic N) is 1. The molecule has 0 saturated carbocycles. The molecule has 11 heteroatoms. The van der Waals surface area contributed by atoms with Crippen molar-refractivity contribution in [3.05, 3.63) is 71.8 Å². The van der Waals surface area contributed by atoms with Crippen LogP contribution in [0.1, 0.15) is 24.5 Å². The second-order valence-corrected chi connectivity index (χ2v) is 7.18. The van der Waals surface area contributed by atoms with Gasteiger partial charge in [-0.3, -0.25) is 14.9 Å². The Morgan fingerprint density at radius 3 is 1.97 bits per heavy atom. The van der Waals surface area contributed by atoms with Gasteiger partial charge in [-0.1, -0.05) is 60.7 Å². The zero-order chi connectivity index (χ0) is 24.6. The molecule has 1 unspecified atom stereocenters. The van der Waals surface area contributed by atoms with E-state index in [4.69, 9.17) is 14.2 Å². The Balaban J connectivity index is 1.85. The van der Waals surface area contributed by atoms with E-state index < -0.39 is 41.9 Å². The van der Waals surface area contributed by atoms with E-state index >= 15 is 0 Å². The van der Waals surface area contributed by atoms with Crippen LogP contribution in [-0.4, -0.2) is 47.1 Å². The molecule has 0 aromatic heterocycles. The van der Waals surface area contributed by atoms with Gasteiger partial charge in [-0.25, -0.2) is 19.8 Å². The van der Waals surface area contributed by atoms with Crippen LogP contribution in [0.15, 0.2) is 60.7 Å². The molecule has 0 spiro atoms. The van der Waals surface area contributed by atoms with Gasteiger partial charge >= 0.3 is 18.2 Å². The van der Waals surface area contributed by atoms with Gasteiger partial charge in [0.25, 0.3) is 11.4 Å². The van der Waals surface area contributed by atoms with Crippen molar-refractivity contribution >= 4 is 30.0 Å². The van der Waals surface area contributed by atoms with Gasteiger partial charge in [0.05, 0.1) is 13.0 Å². The lowest BCUT2D eigenvalue weighted by molar-refractivity contribution is -0.163. The third kappa shape index (κ3) is 5.49. The van der Waals surface area contributed by atoms with Crippen LogP contribution in [-0.2, 0) is 41.8 Å². The molecule has 0 radical (unpaired) electrons. The van der Waals surface area contributed by atoms with E-state index in [1.165, 1.54) is 6.92 Å². The summed E-state index contributed by atoms with van der Waals surface area (Å²) in [6, 6.07) is 17.3. The molecule has 1 aliphatic rings. The number of amides is 4. The molecule has 11 nitrogen and oxygen atoms in total. The standard InChI is InChI=1S/C23H23N3O8/c1-2-32-20(29)23(13-18(27)24-19(23)28)26(22(31)34-15-17-11-7-4-8-12-17)25-21(30)33-14-16-9-5-3-6-10-16/h3-12H,2,13-15H2,1H3,(H,25,30)(H,24,27,28). The van der Waals surface area contributed by atoms with Crippen LogP contribution in [0.4, 0.5) is 9.59 Å². The summed E-state index contributed by atoms with van der Waals surface area (Å²) in [5.41, 5.74) is 0.841. The number of hydrazine groups is 1. The van der Waals surface area contributed by atoms with Crippen LogP contribution >= 0.6 is 0 Å². The third-order valence-electron chi connectivity index (χ3n) is 4.84. The van der Waals surface area contributed by atoms with Crippen LogP contribution in [0.2, 0.25) is 0 Å². The minimum Gasteiger partial charge on any atom is -0.464 e. The van der Waals surface area contributed by atoms with Crippen molar-refractivity contribution in [2.24, 2.45) is 0 Å². The van der Waals surface area contributed by atoms with Gasteiger partial charge in [-0.05, 0) is 18.1 Å². The molecule has 0 bridgehead atoms. The molecule has 1 fully saturated rings. The molecule has 2 aromatic carbocycles. The largest absolute Gasteiger partial charge is 0.464 e. The van der Waals surface area contributed by atoms with Gasteiger partial charge in [0.2, 0.25) is 5.91 Å². The van der Waals surface area contributed by atoms with Crippen molar-refractivity contribution in [2.75, 3.05) is 6.61 Å². The van der Waals surface area contributed by atoms with Crippen molar-refractivity contribution in [3.8, 4) is 0 Å². The maximum Gasteiger partial charge on any atom is 0.430 e. The SMILES string of the molecule is CCOC(=O)C1(N(NC(=O)OCc2ccccc2)C(=O)OCc2ccccc2)CC(=O)NC1=O. The number of nitrogens with one attached hydrogen (secondary N) is 2. The van der Waals surface area contributed by atoms with E-state index in [0.29, 0.717) is 16.1 Å².